The molecule has 0 fully saturated rings. The van der Waals surface area contributed by atoms with Crippen molar-refractivity contribution in [3.05, 3.63) is 71.8 Å². The van der Waals surface area contributed by atoms with Gasteiger partial charge in [-0.1, -0.05) is 60.7 Å². The summed E-state index contributed by atoms with van der Waals surface area (Å²) in [5.41, 5.74) is 7.04. The minimum absolute atomic E-state index is 0.0582. The van der Waals surface area contributed by atoms with Gasteiger partial charge in [-0.3, -0.25) is 9.59 Å². The third-order valence-corrected chi connectivity index (χ3v) is 3.48. The van der Waals surface area contributed by atoms with E-state index in [2.05, 4.69) is 21.1 Å². The molecule has 2 amide bonds. The molecule has 0 saturated heterocycles. The molecule has 2 aromatic rings. The molecule has 0 aliphatic heterocycles. The van der Waals surface area contributed by atoms with E-state index in [-0.39, 0.29) is 24.7 Å². The Hall–Kier alpha value is -3.28. The second-order valence-corrected chi connectivity index (χ2v) is 5.57. The Morgan fingerprint density at radius 1 is 0.692 bits per heavy atom. The van der Waals surface area contributed by atoms with Crippen LogP contribution in [0.15, 0.2) is 70.9 Å². The fourth-order valence-corrected chi connectivity index (χ4v) is 2.10. The van der Waals surface area contributed by atoms with Gasteiger partial charge in [-0.15, -0.1) is 0 Å². The summed E-state index contributed by atoms with van der Waals surface area (Å²) in [5, 5.41) is 7.74. The third-order valence-electron chi connectivity index (χ3n) is 3.48. The quantitative estimate of drug-likeness (QED) is 0.538. The van der Waals surface area contributed by atoms with E-state index in [1.54, 1.807) is 12.4 Å². The van der Waals surface area contributed by atoms with Crippen molar-refractivity contribution in [2.75, 3.05) is 0 Å². The topological polar surface area (TPSA) is 82.9 Å². The lowest BCUT2D eigenvalue weighted by molar-refractivity contribution is -0.126. The Balaban J connectivity index is 1.57. The molecular weight excluding hydrogens is 328 g/mol. The summed E-state index contributed by atoms with van der Waals surface area (Å²) in [4.78, 5) is 23.3. The van der Waals surface area contributed by atoms with E-state index in [9.17, 15) is 9.59 Å². The summed E-state index contributed by atoms with van der Waals surface area (Å²) < 4.78 is 0. The molecule has 0 atom stereocenters. The van der Waals surface area contributed by atoms with Crippen molar-refractivity contribution in [2.45, 2.75) is 25.7 Å². The predicted molar refractivity (Wildman–Crippen MR) is 103 cm³/mol. The molecule has 0 spiro atoms. The normalized spacial score (nSPS) is 10.9. The van der Waals surface area contributed by atoms with Crippen LogP contribution >= 0.6 is 0 Å². The number of carbonyl (C=O) groups excluding carboxylic acids is 2. The van der Waals surface area contributed by atoms with Crippen molar-refractivity contribution in [3.8, 4) is 0 Å². The maximum absolute atomic E-state index is 11.6. The highest BCUT2D eigenvalue weighted by atomic mass is 16.2. The SMILES string of the molecule is O=C(CCC(=O)N/N=C/Cc1ccccc1)N/N=C/Cc1ccccc1. The number of hydrogen-bond acceptors (Lipinski definition) is 4. The molecule has 6 nitrogen and oxygen atoms in total. The van der Waals surface area contributed by atoms with Gasteiger partial charge in [0.05, 0.1) is 0 Å². The van der Waals surface area contributed by atoms with Gasteiger partial charge >= 0.3 is 0 Å². The van der Waals surface area contributed by atoms with Crippen molar-refractivity contribution >= 4 is 24.2 Å². The first-order valence-electron chi connectivity index (χ1n) is 8.42. The summed E-state index contributed by atoms with van der Waals surface area (Å²) in [5.74, 6) is -0.615. The fourth-order valence-electron chi connectivity index (χ4n) is 2.10. The van der Waals surface area contributed by atoms with Crippen LogP contribution in [0.2, 0.25) is 0 Å². The molecule has 0 aromatic heterocycles. The zero-order valence-electron chi connectivity index (χ0n) is 14.5. The Bertz CT molecular complexity index is 677. The molecule has 2 aromatic carbocycles. The smallest absolute Gasteiger partial charge is 0.240 e. The van der Waals surface area contributed by atoms with Crippen LogP contribution in [0.4, 0.5) is 0 Å². The lowest BCUT2D eigenvalue weighted by Crippen LogP contribution is -2.22. The van der Waals surface area contributed by atoms with Crippen LogP contribution in [0.3, 0.4) is 0 Å². The third kappa shape index (κ3) is 8.01. The molecule has 2 rings (SSSR count). The zero-order valence-corrected chi connectivity index (χ0v) is 14.5. The predicted octanol–water partition coefficient (Wildman–Crippen LogP) is 2.46. The number of nitrogens with one attached hydrogen (secondary N) is 2. The zero-order chi connectivity index (χ0) is 18.5. The Kier molecular flexibility index (Phi) is 8.28. The van der Waals surface area contributed by atoms with Crippen LogP contribution in [0.25, 0.3) is 0 Å². The summed E-state index contributed by atoms with van der Waals surface area (Å²) in [6.07, 6.45) is 4.64. The largest absolute Gasteiger partial charge is 0.273 e. The number of benzene rings is 2. The first kappa shape index (κ1) is 19.1. The number of amides is 2. The molecule has 0 heterocycles. The Labute approximate surface area is 153 Å². The number of hydrazone groups is 2. The Morgan fingerprint density at radius 3 is 1.46 bits per heavy atom. The van der Waals surface area contributed by atoms with Crippen molar-refractivity contribution < 1.29 is 9.59 Å². The number of carbonyl (C=O) groups is 2. The molecule has 2 N–H and O–H groups in total. The summed E-state index contributed by atoms with van der Waals surface area (Å²) >= 11 is 0. The van der Waals surface area contributed by atoms with Gasteiger partial charge in [-0.25, -0.2) is 10.9 Å². The monoisotopic (exact) mass is 350 g/mol. The number of rotatable bonds is 9. The van der Waals surface area contributed by atoms with Gasteiger partial charge in [0.25, 0.3) is 0 Å². The van der Waals surface area contributed by atoms with Crippen LogP contribution < -0.4 is 10.9 Å². The van der Waals surface area contributed by atoms with E-state index < -0.39 is 0 Å². The molecule has 0 aliphatic carbocycles. The van der Waals surface area contributed by atoms with E-state index >= 15 is 0 Å². The van der Waals surface area contributed by atoms with Crippen molar-refractivity contribution in [3.63, 3.8) is 0 Å². The highest BCUT2D eigenvalue weighted by Gasteiger charge is 2.05. The van der Waals surface area contributed by atoms with Crippen molar-refractivity contribution in [1.29, 1.82) is 0 Å². The van der Waals surface area contributed by atoms with Gasteiger partial charge in [0.15, 0.2) is 0 Å². The highest BCUT2D eigenvalue weighted by Crippen LogP contribution is 1.98. The fraction of sp³-hybridized carbons (Fsp3) is 0.200. The van der Waals surface area contributed by atoms with Crippen LogP contribution in [0.1, 0.15) is 24.0 Å². The molecule has 0 radical (unpaired) electrons. The summed E-state index contributed by atoms with van der Waals surface area (Å²) in [7, 11) is 0. The Morgan fingerprint density at radius 2 is 1.08 bits per heavy atom. The van der Waals surface area contributed by atoms with E-state index in [1.807, 2.05) is 60.7 Å². The lowest BCUT2D eigenvalue weighted by atomic mass is 10.2. The molecule has 26 heavy (non-hydrogen) atoms. The molecule has 6 heteroatoms. The maximum atomic E-state index is 11.6. The average Bonchev–Trinajstić information content (AvgIpc) is 2.68. The first-order valence-corrected chi connectivity index (χ1v) is 8.42. The van der Waals surface area contributed by atoms with Gasteiger partial charge in [-0.05, 0) is 11.1 Å². The minimum atomic E-state index is -0.308. The molecule has 0 bridgehead atoms. The minimum Gasteiger partial charge on any atom is -0.273 e. The molecule has 0 saturated carbocycles. The van der Waals surface area contributed by atoms with Crippen LogP contribution in [0.5, 0.6) is 0 Å². The number of hydrogen-bond donors (Lipinski definition) is 2. The van der Waals surface area contributed by atoms with E-state index in [1.165, 1.54) is 0 Å². The van der Waals surface area contributed by atoms with Crippen molar-refractivity contribution in [1.82, 2.24) is 10.9 Å². The summed E-state index contributed by atoms with van der Waals surface area (Å²) in [6, 6.07) is 19.6. The second kappa shape index (κ2) is 11.3. The lowest BCUT2D eigenvalue weighted by Gasteiger charge is -2.00. The standard InChI is InChI=1S/C20H22N4O2/c25-19(23-21-15-13-17-7-3-1-4-8-17)11-12-20(26)24-22-16-14-18-9-5-2-6-10-18/h1-10,15-16H,11-14H2,(H,23,25)(H,24,26)/b21-15+,22-16+. The molecule has 0 unspecified atom stereocenters. The van der Waals surface area contributed by atoms with Crippen LogP contribution in [-0.2, 0) is 22.4 Å². The maximum Gasteiger partial charge on any atom is 0.240 e. The second-order valence-electron chi connectivity index (χ2n) is 5.57. The van der Waals surface area contributed by atoms with Gasteiger partial charge in [0.1, 0.15) is 0 Å². The van der Waals surface area contributed by atoms with Crippen LogP contribution in [-0.4, -0.2) is 24.2 Å². The van der Waals surface area contributed by atoms with E-state index in [0.29, 0.717) is 12.8 Å². The average molecular weight is 350 g/mol. The molecule has 0 aliphatic rings. The number of nitrogens with zero attached hydrogens (tertiary/aromatic N) is 2. The molecule has 134 valence electrons. The van der Waals surface area contributed by atoms with Gasteiger partial charge in [-0.2, -0.15) is 10.2 Å². The van der Waals surface area contributed by atoms with Gasteiger partial charge < -0.3 is 0 Å². The summed E-state index contributed by atoms with van der Waals surface area (Å²) in [6.45, 7) is 0. The van der Waals surface area contributed by atoms with E-state index in [4.69, 9.17) is 0 Å². The van der Waals surface area contributed by atoms with Crippen molar-refractivity contribution in [2.24, 2.45) is 10.2 Å². The highest BCUT2D eigenvalue weighted by molar-refractivity contribution is 5.84. The molecular formula is C20H22N4O2. The van der Waals surface area contributed by atoms with E-state index in [0.717, 1.165) is 11.1 Å². The van der Waals surface area contributed by atoms with Gasteiger partial charge in [0.2, 0.25) is 11.8 Å². The van der Waals surface area contributed by atoms with Gasteiger partial charge in [0, 0.05) is 38.1 Å². The van der Waals surface area contributed by atoms with Crippen LogP contribution in [0, 0.1) is 0 Å². The first-order chi connectivity index (χ1) is 12.7.